The Morgan fingerprint density at radius 1 is 1.32 bits per heavy atom. The summed E-state index contributed by atoms with van der Waals surface area (Å²) >= 11 is 0. The first-order valence-corrected chi connectivity index (χ1v) is 6.10. The van der Waals surface area contributed by atoms with Crippen molar-refractivity contribution >= 4 is 17.8 Å². The molecule has 0 aromatic carbocycles. The Balaban J connectivity index is 4.52. The lowest BCUT2D eigenvalue weighted by Gasteiger charge is -2.24. The first kappa shape index (κ1) is 17.4. The zero-order valence-corrected chi connectivity index (χ0v) is 11.6. The third kappa shape index (κ3) is 9.01. The van der Waals surface area contributed by atoms with Gasteiger partial charge in [-0.05, 0) is 33.6 Å². The molecular formula is C12H22N2O5. The fourth-order valence-electron chi connectivity index (χ4n) is 1.33. The van der Waals surface area contributed by atoms with E-state index in [1.165, 1.54) is 0 Å². The number of hydrogen-bond donors (Lipinski definition) is 3. The first-order chi connectivity index (χ1) is 8.65. The summed E-state index contributed by atoms with van der Waals surface area (Å²) in [5.74, 6) is -2.01. The second kappa shape index (κ2) is 7.73. The predicted molar refractivity (Wildman–Crippen MR) is 68.3 cm³/mol. The van der Waals surface area contributed by atoms with Gasteiger partial charge in [0.15, 0.2) is 0 Å². The van der Waals surface area contributed by atoms with Crippen molar-refractivity contribution in [3.63, 3.8) is 0 Å². The molecule has 1 atom stereocenters. The number of aliphatic carboxylic acids is 1. The minimum absolute atomic E-state index is 0.0716. The highest BCUT2D eigenvalue weighted by atomic mass is 16.6. The maximum Gasteiger partial charge on any atom is 0.329 e. The molecule has 7 heteroatoms. The average molecular weight is 274 g/mol. The molecule has 7 nitrogen and oxygen atoms in total. The zero-order chi connectivity index (χ0) is 15.1. The van der Waals surface area contributed by atoms with E-state index in [-0.39, 0.29) is 25.8 Å². The molecule has 1 unspecified atom stereocenters. The van der Waals surface area contributed by atoms with Gasteiger partial charge in [-0.2, -0.15) is 0 Å². The fourth-order valence-corrected chi connectivity index (χ4v) is 1.33. The predicted octanol–water partition coefficient (Wildman–Crippen LogP) is 0.0265. The number of nitrogens with one attached hydrogen (secondary N) is 1. The molecule has 0 aliphatic rings. The lowest BCUT2D eigenvalue weighted by Crippen LogP contribution is -2.46. The highest BCUT2D eigenvalue weighted by Gasteiger charge is 2.26. The summed E-state index contributed by atoms with van der Waals surface area (Å²) in [6, 6.07) is -0.866. The molecular weight excluding hydrogens is 252 g/mol. The van der Waals surface area contributed by atoms with Crippen LogP contribution < -0.4 is 11.1 Å². The summed E-state index contributed by atoms with van der Waals surface area (Å²) in [5.41, 5.74) is 4.50. The molecule has 0 saturated carbocycles. The maximum absolute atomic E-state index is 11.9. The standard InChI is InChI=1S/C12H22N2O5/c1-12(2,3)19-11(18)8(14-9(15)7-13)5-4-6-10(16)17/h8H,4-7,13H2,1-3H3,(H,14,15)(H,16,17). The largest absolute Gasteiger partial charge is 0.481 e. The smallest absolute Gasteiger partial charge is 0.329 e. The highest BCUT2D eigenvalue weighted by molar-refractivity contribution is 5.85. The van der Waals surface area contributed by atoms with Gasteiger partial charge in [-0.1, -0.05) is 0 Å². The van der Waals surface area contributed by atoms with Gasteiger partial charge in [0.2, 0.25) is 5.91 Å². The van der Waals surface area contributed by atoms with E-state index in [4.69, 9.17) is 15.6 Å². The summed E-state index contributed by atoms with van der Waals surface area (Å²) < 4.78 is 5.16. The van der Waals surface area contributed by atoms with Crippen LogP contribution in [0.4, 0.5) is 0 Å². The number of carboxylic acids is 1. The number of hydrogen-bond acceptors (Lipinski definition) is 5. The minimum Gasteiger partial charge on any atom is -0.481 e. The van der Waals surface area contributed by atoms with E-state index in [2.05, 4.69) is 5.32 Å². The number of nitrogens with two attached hydrogens (primary N) is 1. The van der Waals surface area contributed by atoms with Crippen LogP contribution in [0, 0.1) is 0 Å². The van der Waals surface area contributed by atoms with E-state index in [1.54, 1.807) is 20.8 Å². The van der Waals surface area contributed by atoms with Gasteiger partial charge in [0, 0.05) is 6.42 Å². The number of rotatable bonds is 7. The molecule has 0 aromatic heterocycles. The van der Waals surface area contributed by atoms with Gasteiger partial charge in [-0.15, -0.1) is 0 Å². The van der Waals surface area contributed by atoms with Gasteiger partial charge in [-0.25, -0.2) is 4.79 Å². The number of amides is 1. The summed E-state index contributed by atoms with van der Waals surface area (Å²) in [7, 11) is 0. The van der Waals surface area contributed by atoms with E-state index in [9.17, 15) is 14.4 Å². The molecule has 0 rings (SSSR count). The van der Waals surface area contributed by atoms with E-state index >= 15 is 0 Å². The van der Waals surface area contributed by atoms with Crippen LogP contribution in [0.25, 0.3) is 0 Å². The van der Waals surface area contributed by atoms with E-state index < -0.39 is 29.5 Å². The summed E-state index contributed by atoms with van der Waals surface area (Å²) in [6.07, 6.45) is 0.398. The number of carbonyl (C=O) groups excluding carboxylic acids is 2. The Bertz CT molecular complexity index is 336. The number of ether oxygens (including phenoxy) is 1. The Labute approximate surface area is 112 Å². The highest BCUT2D eigenvalue weighted by Crippen LogP contribution is 2.11. The van der Waals surface area contributed by atoms with Crippen LogP contribution in [-0.4, -0.2) is 41.1 Å². The van der Waals surface area contributed by atoms with Crippen molar-refractivity contribution in [2.75, 3.05) is 6.54 Å². The van der Waals surface area contributed by atoms with Gasteiger partial charge in [0.25, 0.3) is 0 Å². The van der Waals surface area contributed by atoms with Crippen LogP contribution in [0.15, 0.2) is 0 Å². The maximum atomic E-state index is 11.9. The van der Waals surface area contributed by atoms with Crippen molar-refractivity contribution in [2.24, 2.45) is 5.73 Å². The monoisotopic (exact) mass is 274 g/mol. The normalized spacial score (nSPS) is 12.6. The molecule has 0 aliphatic carbocycles. The van der Waals surface area contributed by atoms with Crippen molar-refractivity contribution in [1.29, 1.82) is 0 Å². The van der Waals surface area contributed by atoms with Crippen molar-refractivity contribution in [3.05, 3.63) is 0 Å². The molecule has 0 aromatic rings. The van der Waals surface area contributed by atoms with Crippen molar-refractivity contribution < 1.29 is 24.2 Å². The molecule has 19 heavy (non-hydrogen) atoms. The second-order valence-electron chi connectivity index (χ2n) is 5.14. The second-order valence-corrected chi connectivity index (χ2v) is 5.14. The van der Waals surface area contributed by atoms with E-state index in [0.717, 1.165) is 0 Å². The van der Waals surface area contributed by atoms with E-state index in [0.29, 0.717) is 0 Å². The molecule has 4 N–H and O–H groups in total. The van der Waals surface area contributed by atoms with Crippen LogP contribution in [-0.2, 0) is 19.1 Å². The number of carbonyl (C=O) groups is 3. The van der Waals surface area contributed by atoms with Crippen molar-refractivity contribution in [2.45, 2.75) is 51.7 Å². The van der Waals surface area contributed by atoms with Gasteiger partial charge < -0.3 is 20.9 Å². The van der Waals surface area contributed by atoms with Gasteiger partial charge in [0.05, 0.1) is 6.54 Å². The summed E-state index contributed by atoms with van der Waals surface area (Å²) in [4.78, 5) is 33.5. The molecule has 1 amide bonds. The molecule has 0 fully saturated rings. The first-order valence-electron chi connectivity index (χ1n) is 6.10. The lowest BCUT2D eigenvalue weighted by molar-refractivity contribution is -0.159. The van der Waals surface area contributed by atoms with Gasteiger partial charge >= 0.3 is 11.9 Å². The minimum atomic E-state index is -0.951. The van der Waals surface area contributed by atoms with E-state index in [1.807, 2.05) is 0 Å². The van der Waals surface area contributed by atoms with Crippen molar-refractivity contribution in [3.8, 4) is 0 Å². The van der Waals surface area contributed by atoms with Crippen LogP contribution >= 0.6 is 0 Å². The average Bonchev–Trinajstić information content (AvgIpc) is 2.24. The molecule has 0 spiro atoms. The van der Waals surface area contributed by atoms with Crippen LogP contribution in [0.1, 0.15) is 40.0 Å². The van der Waals surface area contributed by atoms with Gasteiger partial charge in [-0.3, -0.25) is 9.59 Å². The van der Waals surface area contributed by atoms with Crippen LogP contribution in [0.5, 0.6) is 0 Å². The van der Waals surface area contributed by atoms with Crippen LogP contribution in [0.3, 0.4) is 0 Å². The fraction of sp³-hybridized carbons (Fsp3) is 0.750. The molecule has 0 heterocycles. The number of esters is 1. The quantitative estimate of drug-likeness (QED) is 0.563. The third-order valence-corrected chi connectivity index (χ3v) is 2.10. The third-order valence-electron chi connectivity index (χ3n) is 2.10. The molecule has 0 radical (unpaired) electrons. The van der Waals surface area contributed by atoms with Crippen molar-refractivity contribution in [1.82, 2.24) is 5.32 Å². The van der Waals surface area contributed by atoms with Gasteiger partial charge in [0.1, 0.15) is 11.6 Å². The Hall–Kier alpha value is -1.63. The summed E-state index contributed by atoms with van der Waals surface area (Å²) in [5, 5.41) is 11.0. The Morgan fingerprint density at radius 2 is 1.89 bits per heavy atom. The SMILES string of the molecule is CC(C)(C)OC(=O)C(CCCC(=O)O)NC(=O)CN. The topological polar surface area (TPSA) is 119 Å². The molecule has 0 saturated heterocycles. The molecule has 0 bridgehead atoms. The number of carboxylic acid groups (broad SMARTS) is 1. The molecule has 0 aliphatic heterocycles. The molecule has 110 valence electrons. The summed E-state index contributed by atoms with van der Waals surface area (Å²) in [6.45, 7) is 4.90. The lowest BCUT2D eigenvalue weighted by atomic mass is 10.1. The van der Waals surface area contributed by atoms with Crippen LogP contribution in [0.2, 0.25) is 0 Å². The Kier molecular flexibility index (Phi) is 7.06. The Morgan fingerprint density at radius 3 is 2.32 bits per heavy atom. The zero-order valence-electron chi connectivity index (χ0n) is 11.6.